The zero-order valence-electron chi connectivity index (χ0n) is 15.0. The fourth-order valence-corrected chi connectivity index (χ4v) is 2.54. The van der Waals surface area contributed by atoms with Crippen LogP contribution >= 0.6 is 0 Å². The Morgan fingerprint density at radius 3 is 2.36 bits per heavy atom. The van der Waals surface area contributed by atoms with Gasteiger partial charge in [-0.15, -0.1) is 0 Å². The highest BCUT2D eigenvalue weighted by atomic mass is 16.3. The Morgan fingerprint density at radius 2 is 1.72 bits per heavy atom. The second-order valence-corrected chi connectivity index (χ2v) is 7.11. The smallest absolute Gasteiger partial charge is 0.271 e. The van der Waals surface area contributed by atoms with Crippen LogP contribution < -0.4 is 5.43 Å². The predicted molar refractivity (Wildman–Crippen MR) is 101 cm³/mol. The summed E-state index contributed by atoms with van der Waals surface area (Å²) in [5, 5.41) is 5.17. The average molecular weight is 334 g/mol. The lowest BCUT2D eigenvalue weighted by Crippen LogP contribution is -2.19. The van der Waals surface area contributed by atoms with Gasteiger partial charge < -0.3 is 4.42 Å². The zero-order chi connectivity index (χ0) is 18.0. The fraction of sp³-hybridized carbons (Fsp3) is 0.238. The maximum Gasteiger partial charge on any atom is 0.271 e. The topological polar surface area (TPSA) is 54.6 Å². The molecule has 0 aliphatic rings. The van der Waals surface area contributed by atoms with E-state index >= 15 is 0 Å². The van der Waals surface area contributed by atoms with Gasteiger partial charge in [0.1, 0.15) is 11.3 Å². The van der Waals surface area contributed by atoms with Crippen molar-refractivity contribution >= 4 is 22.6 Å². The fourth-order valence-electron chi connectivity index (χ4n) is 2.54. The Morgan fingerprint density at radius 1 is 1.04 bits per heavy atom. The van der Waals surface area contributed by atoms with Gasteiger partial charge in [0.2, 0.25) is 0 Å². The monoisotopic (exact) mass is 334 g/mol. The van der Waals surface area contributed by atoms with Crippen LogP contribution in [-0.4, -0.2) is 11.6 Å². The average Bonchev–Trinajstić information content (AvgIpc) is 3.03. The quantitative estimate of drug-likeness (QED) is 0.548. The molecular formula is C21H22N2O2. The van der Waals surface area contributed by atoms with Crippen LogP contribution in [0.15, 0.2) is 64.1 Å². The van der Waals surface area contributed by atoms with Crippen LogP contribution in [0.25, 0.3) is 11.0 Å². The first-order chi connectivity index (χ1) is 11.8. The van der Waals surface area contributed by atoms with Crippen molar-refractivity contribution < 1.29 is 9.21 Å². The first kappa shape index (κ1) is 17.0. The van der Waals surface area contributed by atoms with Gasteiger partial charge in [-0.1, -0.05) is 51.1 Å². The lowest BCUT2D eigenvalue weighted by molar-refractivity contribution is 0.0954. The van der Waals surface area contributed by atoms with Crippen molar-refractivity contribution in [1.29, 1.82) is 0 Å². The summed E-state index contributed by atoms with van der Waals surface area (Å²) < 4.78 is 5.74. The maximum atomic E-state index is 12.3. The molecule has 0 bridgehead atoms. The van der Waals surface area contributed by atoms with E-state index in [-0.39, 0.29) is 11.3 Å². The van der Waals surface area contributed by atoms with Gasteiger partial charge in [0.15, 0.2) is 5.76 Å². The molecule has 0 unspecified atom stereocenters. The third-order valence-electron chi connectivity index (χ3n) is 4.12. The molecule has 0 saturated heterocycles. The zero-order valence-corrected chi connectivity index (χ0v) is 15.0. The molecule has 0 saturated carbocycles. The number of hydrazone groups is 1. The minimum Gasteiger partial charge on any atom is -0.455 e. The van der Waals surface area contributed by atoms with Crippen molar-refractivity contribution in [2.24, 2.45) is 5.10 Å². The number of amides is 1. The summed E-state index contributed by atoms with van der Waals surface area (Å²) in [6.07, 6.45) is 0. The Bertz CT molecular complexity index is 895. The van der Waals surface area contributed by atoms with Crippen molar-refractivity contribution in [3.8, 4) is 0 Å². The van der Waals surface area contributed by atoms with Gasteiger partial charge in [-0.25, -0.2) is 5.43 Å². The van der Waals surface area contributed by atoms with E-state index < -0.39 is 0 Å². The highest BCUT2D eigenvalue weighted by molar-refractivity contribution is 6.01. The van der Waals surface area contributed by atoms with Crippen molar-refractivity contribution in [3.05, 3.63) is 71.5 Å². The molecule has 0 aliphatic carbocycles. The van der Waals surface area contributed by atoms with E-state index in [1.807, 2.05) is 54.6 Å². The summed E-state index contributed by atoms with van der Waals surface area (Å²) in [5.41, 5.74) is 5.84. The number of benzene rings is 2. The second-order valence-electron chi connectivity index (χ2n) is 7.11. The molecule has 1 aromatic heterocycles. The van der Waals surface area contributed by atoms with Crippen LogP contribution in [0.4, 0.5) is 0 Å². The SMILES string of the molecule is C/C(=N/NC(=O)c1ccc(C(C)(C)C)cc1)c1cc2ccccc2o1. The number of hydrogen-bond acceptors (Lipinski definition) is 3. The third kappa shape index (κ3) is 3.79. The van der Waals surface area contributed by atoms with Crippen LogP contribution in [0.3, 0.4) is 0 Å². The maximum absolute atomic E-state index is 12.3. The van der Waals surface area contributed by atoms with E-state index in [1.54, 1.807) is 6.92 Å². The number of para-hydroxylation sites is 1. The number of nitrogens with one attached hydrogen (secondary N) is 1. The molecule has 0 radical (unpaired) electrons. The number of hydrogen-bond donors (Lipinski definition) is 1. The van der Waals surface area contributed by atoms with Gasteiger partial charge in [0.25, 0.3) is 5.91 Å². The largest absolute Gasteiger partial charge is 0.455 e. The van der Waals surface area contributed by atoms with Gasteiger partial charge in [0, 0.05) is 10.9 Å². The Hall–Kier alpha value is -2.88. The number of carbonyl (C=O) groups excluding carboxylic acids is 1. The molecule has 4 nitrogen and oxygen atoms in total. The van der Waals surface area contributed by atoms with Gasteiger partial charge in [-0.05, 0) is 42.2 Å². The molecule has 0 aliphatic heterocycles. The summed E-state index contributed by atoms with van der Waals surface area (Å²) in [6.45, 7) is 8.23. The van der Waals surface area contributed by atoms with Crippen LogP contribution in [0.1, 0.15) is 49.4 Å². The predicted octanol–water partition coefficient (Wildman–Crippen LogP) is 4.88. The molecule has 2 aromatic carbocycles. The van der Waals surface area contributed by atoms with E-state index in [4.69, 9.17) is 4.42 Å². The lowest BCUT2D eigenvalue weighted by Gasteiger charge is -2.18. The molecule has 3 aromatic rings. The summed E-state index contributed by atoms with van der Waals surface area (Å²) in [4.78, 5) is 12.3. The minimum atomic E-state index is -0.240. The molecule has 0 spiro atoms. The van der Waals surface area contributed by atoms with E-state index in [2.05, 4.69) is 31.3 Å². The highest BCUT2D eigenvalue weighted by Gasteiger charge is 2.14. The molecule has 1 N–H and O–H groups in total. The van der Waals surface area contributed by atoms with Crippen LogP contribution in [0, 0.1) is 0 Å². The molecule has 128 valence electrons. The normalized spacial score (nSPS) is 12.4. The minimum absolute atomic E-state index is 0.0606. The molecule has 0 fully saturated rings. The van der Waals surface area contributed by atoms with Crippen LogP contribution in [-0.2, 0) is 5.41 Å². The van der Waals surface area contributed by atoms with E-state index in [0.29, 0.717) is 17.0 Å². The highest BCUT2D eigenvalue weighted by Crippen LogP contribution is 2.22. The number of nitrogens with zero attached hydrogens (tertiary/aromatic N) is 1. The van der Waals surface area contributed by atoms with Crippen molar-refractivity contribution in [3.63, 3.8) is 0 Å². The van der Waals surface area contributed by atoms with E-state index in [0.717, 1.165) is 11.0 Å². The molecule has 4 heteroatoms. The number of fused-ring (bicyclic) bond motifs is 1. The Balaban J connectivity index is 1.73. The molecular weight excluding hydrogens is 312 g/mol. The Labute approximate surface area is 147 Å². The third-order valence-corrected chi connectivity index (χ3v) is 4.12. The van der Waals surface area contributed by atoms with Crippen LogP contribution in [0.5, 0.6) is 0 Å². The molecule has 1 heterocycles. The van der Waals surface area contributed by atoms with Crippen molar-refractivity contribution in [2.75, 3.05) is 0 Å². The molecule has 1 amide bonds. The molecule has 0 atom stereocenters. The summed E-state index contributed by atoms with van der Waals surface area (Å²) in [5.74, 6) is 0.403. The van der Waals surface area contributed by atoms with Gasteiger partial charge in [-0.2, -0.15) is 5.10 Å². The van der Waals surface area contributed by atoms with Gasteiger partial charge >= 0.3 is 0 Å². The summed E-state index contributed by atoms with van der Waals surface area (Å²) in [6, 6.07) is 17.3. The number of carbonyl (C=O) groups is 1. The van der Waals surface area contributed by atoms with Gasteiger partial charge in [-0.3, -0.25) is 4.79 Å². The van der Waals surface area contributed by atoms with Crippen molar-refractivity contribution in [1.82, 2.24) is 5.43 Å². The van der Waals surface area contributed by atoms with E-state index in [9.17, 15) is 4.79 Å². The first-order valence-electron chi connectivity index (χ1n) is 8.29. The summed E-state index contributed by atoms with van der Waals surface area (Å²) >= 11 is 0. The van der Waals surface area contributed by atoms with Crippen molar-refractivity contribution in [2.45, 2.75) is 33.1 Å². The second kappa shape index (κ2) is 6.55. The summed E-state index contributed by atoms with van der Waals surface area (Å²) in [7, 11) is 0. The standard InChI is InChI=1S/C21H22N2O2/c1-14(19-13-16-7-5-6-8-18(16)25-19)22-23-20(24)15-9-11-17(12-10-15)21(2,3)4/h5-13H,1-4H3,(H,23,24)/b22-14-. The lowest BCUT2D eigenvalue weighted by atomic mass is 9.87. The first-order valence-corrected chi connectivity index (χ1v) is 8.29. The van der Waals surface area contributed by atoms with Crippen LogP contribution in [0.2, 0.25) is 0 Å². The molecule has 3 rings (SSSR count). The number of furan rings is 1. The Kier molecular flexibility index (Phi) is 4.45. The van der Waals surface area contributed by atoms with E-state index in [1.165, 1.54) is 5.56 Å². The number of rotatable bonds is 3. The van der Waals surface area contributed by atoms with Gasteiger partial charge in [0.05, 0.1) is 0 Å². The molecule has 25 heavy (non-hydrogen) atoms.